The van der Waals surface area contributed by atoms with Crippen molar-refractivity contribution in [3.63, 3.8) is 0 Å². The zero-order chi connectivity index (χ0) is 28.0. The van der Waals surface area contributed by atoms with Crippen LogP contribution in [0.1, 0.15) is 68.8 Å². The molecule has 0 bridgehead atoms. The molecule has 1 spiro atoms. The Balaban J connectivity index is 1.20. The first-order chi connectivity index (χ1) is 18.4. The first-order valence-corrected chi connectivity index (χ1v) is 13.2. The van der Waals surface area contributed by atoms with E-state index in [4.69, 9.17) is 4.74 Å². The number of piperidine rings is 1. The number of aliphatic hydroxyl groups is 1. The number of carbonyl (C=O) groups is 2. The number of rotatable bonds is 6. The maximum absolute atomic E-state index is 14.4. The number of likely N-dealkylation sites (tertiary alicyclic amines) is 1. The van der Waals surface area contributed by atoms with Crippen molar-refractivity contribution in [1.82, 2.24) is 25.4 Å². The monoisotopic (exact) mass is 553 g/mol. The molecule has 1 saturated heterocycles. The molecule has 3 heterocycles. The average Bonchev–Trinajstić information content (AvgIpc) is 3.47. The number of pyridine rings is 1. The van der Waals surface area contributed by atoms with Gasteiger partial charge in [0.05, 0.1) is 18.5 Å². The third-order valence-electron chi connectivity index (χ3n) is 8.24. The first kappa shape index (κ1) is 27.4. The Bertz CT molecular complexity index is 1240. The third kappa shape index (κ3) is 5.32. The fourth-order valence-corrected chi connectivity index (χ4v) is 5.75. The molecule has 3 N–H and O–H groups in total. The van der Waals surface area contributed by atoms with E-state index in [1.807, 2.05) is 0 Å². The van der Waals surface area contributed by atoms with Crippen LogP contribution in [0, 0.1) is 11.7 Å². The van der Waals surface area contributed by atoms with Gasteiger partial charge in [-0.05, 0) is 64.4 Å². The summed E-state index contributed by atoms with van der Waals surface area (Å²) in [7, 11) is 0. The summed E-state index contributed by atoms with van der Waals surface area (Å²) in [6.07, 6.45) is -2.09. The maximum Gasteiger partial charge on any atom is 0.417 e. The molecule has 0 radical (unpaired) electrons. The van der Waals surface area contributed by atoms with Crippen molar-refractivity contribution in [3.05, 3.63) is 29.8 Å². The van der Waals surface area contributed by atoms with Crippen molar-refractivity contribution < 1.29 is 37.0 Å². The van der Waals surface area contributed by atoms with Crippen molar-refractivity contribution in [1.29, 1.82) is 0 Å². The number of carbonyl (C=O) groups excluding carboxylic acids is 2. The third-order valence-corrected chi connectivity index (χ3v) is 8.24. The van der Waals surface area contributed by atoms with Gasteiger partial charge in [-0.1, -0.05) is 0 Å². The van der Waals surface area contributed by atoms with E-state index in [2.05, 4.69) is 20.5 Å². The summed E-state index contributed by atoms with van der Waals surface area (Å²) in [5.74, 6) is -1.24. The number of alkyl halides is 3. The van der Waals surface area contributed by atoms with Gasteiger partial charge in [0.2, 0.25) is 11.8 Å². The molecular formula is C26H31F4N5O4. The molecule has 3 fully saturated rings. The number of nitrogens with one attached hydrogen (secondary N) is 2. The lowest BCUT2D eigenvalue weighted by Gasteiger charge is -2.41. The van der Waals surface area contributed by atoms with Gasteiger partial charge in [0.15, 0.2) is 17.1 Å². The fourth-order valence-electron chi connectivity index (χ4n) is 5.75. The van der Waals surface area contributed by atoms with E-state index in [1.54, 1.807) is 11.8 Å². The minimum Gasteiger partial charge on any atom is -0.478 e. The highest BCUT2D eigenvalue weighted by atomic mass is 19.4. The number of aromatic amines is 1. The zero-order valence-electron chi connectivity index (χ0n) is 21.5. The Morgan fingerprint density at radius 3 is 2.56 bits per heavy atom. The molecule has 1 atom stereocenters. The fraction of sp³-hybridized carbons (Fsp3) is 0.615. The number of ether oxygens (including phenoxy) is 1. The lowest BCUT2D eigenvalue weighted by molar-refractivity contribution is -0.270. The van der Waals surface area contributed by atoms with Crippen LogP contribution >= 0.6 is 0 Å². The van der Waals surface area contributed by atoms with E-state index in [9.17, 15) is 32.3 Å². The van der Waals surface area contributed by atoms with Crippen LogP contribution in [0.15, 0.2) is 18.3 Å². The second kappa shape index (κ2) is 10.1. The van der Waals surface area contributed by atoms with E-state index in [1.165, 1.54) is 12.1 Å². The Morgan fingerprint density at radius 2 is 1.92 bits per heavy atom. The molecule has 1 aliphatic heterocycles. The molecule has 212 valence electrons. The van der Waals surface area contributed by atoms with E-state index < -0.39 is 42.0 Å². The molecule has 0 aromatic carbocycles. The van der Waals surface area contributed by atoms with Crippen molar-refractivity contribution in [3.8, 4) is 17.1 Å². The van der Waals surface area contributed by atoms with Crippen LogP contribution in [0.2, 0.25) is 0 Å². The van der Waals surface area contributed by atoms with Crippen molar-refractivity contribution in [2.45, 2.75) is 81.6 Å². The molecular weight excluding hydrogens is 522 g/mol. The zero-order valence-corrected chi connectivity index (χ0v) is 21.5. The Hall–Kier alpha value is -3.22. The second-order valence-corrected chi connectivity index (χ2v) is 10.8. The molecule has 3 aliphatic rings. The topological polar surface area (TPSA) is 120 Å². The number of nitrogens with zero attached hydrogens (tertiary/aromatic N) is 3. The van der Waals surface area contributed by atoms with Crippen molar-refractivity contribution >= 4 is 11.8 Å². The van der Waals surface area contributed by atoms with Gasteiger partial charge >= 0.3 is 6.18 Å². The summed E-state index contributed by atoms with van der Waals surface area (Å²) < 4.78 is 59.0. The van der Waals surface area contributed by atoms with Crippen LogP contribution in [-0.2, 0) is 4.79 Å². The Labute approximate surface area is 222 Å². The number of amides is 2. The average molecular weight is 554 g/mol. The van der Waals surface area contributed by atoms with Crippen LogP contribution in [0.3, 0.4) is 0 Å². The van der Waals surface area contributed by atoms with Gasteiger partial charge < -0.3 is 20.1 Å². The van der Waals surface area contributed by atoms with Gasteiger partial charge in [-0.25, -0.2) is 9.37 Å². The smallest absolute Gasteiger partial charge is 0.417 e. The van der Waals surface area contributed by atoms with Crippen LogP contribution in [0.25, 0.3) is 11.3 Å². The minimum atomic E-state index is -4.69. The molecule has 2 aliphatic carbocycles. The quantitative estimate of drug-likeness (QED) is 0.469. The SMILES string of the molecule is CCOc1cc(-c2cc(C(=O)N3CC[C@@H](C(=O)NC4CCC(O)(C(F)(F)F)CC4)CC34CC4)n[nH]2)c(F)cn1. The standard InChI is InChI=1S/C26H31F4N5O4/c1-2-39-21-11-17(18(27)14-31-21)19-12-20(34-33-19)23(37)35-10-5-15(13-24(35)8-9-24)22(36)32-16-3-6-25(38,7-4-16)26(28,29)30/h11-12,14-16,38H,2-10,13H2,1H3,(H,32,36)(H,33,34)/t15-,16?,25?/m1/s1. The summed E-state index contributed by atoms with van der Waals surface area (Å²) in [4.78, 5) is 32.0. The number of aromatic nitrogens is 3. The molecule has 2 aromatic heterocycles. The predicted molar refractivity (Wildman–Crippen MR) is 130 cm³/mol. The van der Waals surface area contributed by atoms with Crippen LogP contribution in [0.5, 0.6) is 5.88 Å². The highest BCUT2D eigenvalue weighted by molar-refractivity contribution is 5.94. The van der Waals surface area contributed by atoms with Crippen LogP contribution in [-0.4, -0.2) is 73.5 Å². The molecule has 0 unspecified atom stereocenters. The normalized spacial score (nSPS) is 26.4. The summed E-state index contributed by atoms with van der Waals surface area (Å²) >= 11 is 0. The number of hydrogen-bond acceptors (Lipinski definition) is 6. The Kier molecular flexibility index (Phi) is 7.06. The van der Waals surface area contributed by atoms with Gasteiger partial charge in [-0.15, -0.1) is 0 Å². The summed E-state index contributed by atoms with van der Waals surface area (Å²) in [6.45, 7) is 2.48. The van der Waals surface area contributed by atoms with Crippen LogP contribution in [0.4, 0.5) is 17.6 Å². The summed E-state index contributed by atoms with van der Waals surface area (Å²) in [5, 5.41) is 19.6. The van der Waals surface area contributed by atoms with Crippen molar-refractivity contribution in [2.24, 2.45) is 5.92 Å². The molecule has 5 rings (SSSR count). The highest BCUT2D eigenvalue weighted by Gasteiger charge is 2.56. The van der Waals surface area contributed by atoms with E-state index in [0.717, 1.165) is 19.0 Å². The molecule has 2 saturated carbocycles. The summed E-state index contributed by atoms with van der Waals surface area (Å²) in [6, 6.07) is 2.49. The maximum atomic E-state index is 14.4. The van der Waals surface area contributed by atoms with Gasteiger partial charge in [0.25, 0.3) is 5.91 Å². The van der Waals surface area contributed by atoms with Gasteiger partial charge in [0.1, 0.15) is 0 Å². The molecule has 39 heavy (non-hydrogen) atoms. The predicted octanol–water partition coefficient (Wildman–Crippen LogP) is 3.75. The minimum absolute atomic E-state index is 0.0514. The van der Waals surface area contributed by atoms with Gasteiger partial charge in [-0.2, -0.15) is 18.3 Å². The lowest BCUT2D eigenvalue weighted by atomic mass is 9.81. The van der Waals surface area contributed by atoms with E-state index in [-0.39, 0.29) is 47.7 Å². The van der Waals surface area contributed by atoms with Crippen molar-refractivity contribution in [2.75, 3.05) is 13.2 Å². The van der Waals surface area contributed by atoms with E-state index in [0.29, 0.717) is 31.7 Å². The lowest BCUT2D eigenvalue weighted by Crippen LogP contribution is -2.54. The molecule has 13 heteroatoms. The number of H-pyrrole nitrogens is 1. The first-order valence-electron chi connectivity index (χ1n) is 13.2. The second-order valence-electron chi connectivity index (χ2n) is 10.8. The number of hydrogen-bond donors (Lipinski definition) is 3. The van der Waals surface area contributed by atoms with E-state index >= 15 is 0 Å². The molecule has 2 aromatic rings. The number of halogens is 4. The molecule has 2 amide bonds. The Morgan fingerprint density at radius 1 is 1.21 bits per heavy atom. The van der Waals surface area contributed by atoms with Gasteiger partial charge in [-0.3, -0.25) is 14.7 Å². The highest BCUT2D eigenvalue weighted by Crippen LogP contribution is 2.50. The molecule has 9 nitrogen and oxygen atoms in total. The van der Waals surface area contributed by atoms with Gasteiger partial charge in [0, 0.05) is 35.7 Å². The summed E-state index contributed by atoms with van der Waals surface area (Å²) in [5.41, 5.74) is -2.55. The largest absolute Gasteiger partial charge is 0.478 e. The van der Waals surface area contributed by atoms with Crippen LogP contribution < -0.4 is 10.1 Å².